The van der Waals surface area contributed by atoms with Crippen LogP contribution in [-0.2, 0) is 46.6 Å². The summed E-state index contributed by atoms with van der Waals surface area (Å²) < 4.78 is 69.9. The molecule has 5 atom stereocenters. The molecule has 3 aliphatic heterocycles. The summed E-state index contributed by atoms with van der Waals surface area (Å²) in [4.78, 5) is 20.0. The average molecular weight is 984 g/mol. The van der Waals surface area contributed by atoms with Crippen molar-refractivity contribution in [3.63, 3.8) is 0 Å². The Morgan fingerprint density at radius 3 is 1.49 bits per heavy atom. The molecule has 0 bridgehead atoms. The Bertz CT molecular complexity index is 1510. The zero-order valence-electron chi connectivity index (χ0n) is 35.2. The molecule has 3 fully saturated rings. The molecule has 0 aliphatic carbocycles. The van der Waals surface area contributed by atoms with E-state index in [9.17, 15) is 14.4 Å². The van der Waals surface area contributed by atoms with E-state index < -0.39 is 38.7 Å². The van der Waals surface area contributed by atoms with Crippen LogP contribution in [0, 0.1) is 0 Å². The van der Waals surface area contributed by atoms with Gasteiger partial charge >= 0.3 is 21.3 Å². The van der Waals surface area contributed by atoms with Gasteiger partial charge in [0.25, 0.3) is 0 Å². The van der Waals surface area contributed by atoms with Crippen LogP contribution in [0.2, 0.25) is 0 Å². The van der Waals surface area contributed by atoms with E-state index in [4.69, 9.17) is 85.3 Å². The minimum atomic E-state index is -3.44. The minimum Gasteiger partial charge on any atom is -1.00 e. The number of ether oxygens (including phenoxy) is 6. The summed E-state index contributed by atoms with van der Waals surface area (Å²) in [6.45, 7) is 15.7. The van der Waals surface area contributed by atoms with Crippen molar-refractivity contribution in [3.05, 3.63) is 60.7 Å². The largest absolute Gasteiger partial charge is 1.00 e. The molecular weight excluding hydrogens is 921 g/mol. The molecule has 2 aromatic carbocycles. The van der Waals surface area contributed by atoms with E-state index in [1.165, 1.54) is 0 Å². The molecule has 0 aromatic heterocycles. The Kier molecular flexibility index (Phi) is 24.4. The van der Waals surface area contributed by atoms with Crippen LogP contribution >= 0.6 is 55.0 Å². The number of rotatable bonds is 15. The fourth-order valence-corrected chi connectivity index (χ4v) is 7.68. The molecule has 2 aromatic rings. The van der Waals surface area contributed by atoms with Gasteiger partial charge in [-0.05, 0) is 65.8 Å². The van der Waals surface area contributed by atoms with Crippen LogP contribution in [0.5, 0.6) is 11.5 Å². The number of aliphatic hydroxyl groups excluding tert-OH is 1. The molecule has 0 saturated carbocycles. The fourth-order valence-electron chi connectivity index (χ4n) is 4.70. The summed E-state index contributed by atoms with van der Waals surface area (Å²) in [7, 11) is 0.0273. The second kappa shape index (κ2) is 25.3. The lowest BCUT2D eigenvalue weighted by Gasteiger charge is -2.24. The van der Waals surface area contributed by atoms with E-state index in [1.54, 1.807) is 61.3 Å². The van der Waals surface area contributed by atoms with Crippen molar-refractivity contribution in [3.8, 4) is 11.5 Å². The number of likely N-dealkylation sites (N-methyl/N-ethyl adjacent to an activating group) is 1. The third kappa shape index (κ3) is 27.5. The summed E-state index contributed by atoms with van der Waals surface area (Å²) in [5.74, 6) is -0.828. The van der Waals surface area contributed by atoms with Gasteiger partial charge in [-0.15, -0.1) is 0 Å². The third-order valence-electron chi connectivity index (χ3n) is 7.33. The smallest absolute Gasteiger partial charge is 0.566 e. The lowest BCUT2D eigenvalue weighted by molar-refractivity contribution is -0.870. The van der Waals surface area contributed by atoms with Crippen LogP contribution in [0.25, 0.3) is 0 Å². The zero-order valence-corrected chi connectivity index (χ0v) is 40.9. The molecule has 5 rings (SSSR count). The summed E-state index contributed by atoms with van der Waals surface area (Å²) in [5, 5.41) is 8.59. The number of aliphatic hydroxyl groups is 1. The van der Waals surface area contributed by atoms with Gasteiger partial charge in [0, 0.05) is 22.5 Å². The maximum absolute atomic E-state index is 10.7. The Morgan fingerprint density at radius 1 is 0.729 bits per heavy atom. The standard InChI is InChI=1S/C12H17ClO5P.C12H28NO5P.C6H5Cl2O2P.C6H12O3.ClH/c1-12(2)15-8-11(17-12)9-16-19(13,14)18-10-6-4-3-5-7-10;1-12(2)15-9-11(18-12)10-17-19(6,14)16-8-7-13(3,4)5;7-11(8,9)10-6-4-2-1-3-5-6;1-6(2)8-4-5(3-7)9-6;/h3-7,11,14H,8-9H2,1-2H3;11,14H,7-10H2,1-6H3;1-5H;5,7H,3-4H2,1-2H3;1H/q+1;+2;;;/p-1. The van der Waals surface area contributed by atoms with Crippen LogP contribution in [0.15, 0.2) is 60.7 Å². The SMILES string of the molecule is CC1(C)OCC(CO)O1.CC1(C)OCC(CO[P+](C)(O)OCC[N+](C)(C)C)O1.CC1(C)OCC(CO[P+](O)(Cl)Oc2ccccc2)O1.O=P(Cl)(Cl)Oc1ccccc1.[Cl-]. The molecule has 0 amide bonds. The highest BCUT2D eigenvalue weighted by Crippen LogP contribution is 2.61. The highest BCUT2D eigenvalue weighted by molar-refractivity contribution is 8.05. The average Bonchev–Trinajstić information content (AvgIpc) is 3.76. The first kappa shape index (κ1) is 56.8. The molecule has 23 heteroatoms. The summed E-state index contributed by atoms with van der Waals surface area (Å²) in [6, 6.07) is 17.3. The van der Waals surface area contributed by atoms with Crippen molar-refractivity contribution in [2.24, 2.45) is 0 Å². The van der Waals surface area contributed by atoms with Crippen molar-refractivity contribution in [1.29, 1.82) is 0 Å². The number of nitrogens with zero attached hydrogens (tertiary/aromatic N) is 1. The number of para-hydroxylation sites is 2. The third-order valence-corrected chi connectivity index (χ3v) is 10.9. The highest BCUT2D eigenvalue weighted by Gasteiger charge is 2.44. The molecule has 342 valence electrons. The van der Waals surface area contributed by atoms with Gasteiger partial charge in [0.2, 0.25) is 11.2 Å². The number of hydrogen-bond donors (Lipinski definition) is 3. The van der Waals surface area contributed by atoms with Gasteiger partial charge in [0.05, 0.1) is 47.6 Å². The van der Waals surface area contributed by atoms with Gasteiger partial charge in [-0.3, -0.25) is 4.52 Å². The van der Waals surface area contributed by atoms with Crippen molar-refractivity contribution >= 4 is 55.0 Å². The van der Waals surface area contributed by atoms with E-state index in [1.807, 2.05) is 47.6 Å². The molecule has 0 radical (unpaired) electrons. The van der Waals surface area contributed by atoms with Crippen LogP contribution in [0.3, 0.4) is 0 Å². The van der Waals surface area contributed by atoms with Gasteiger partial charge in [0.15, 0.2) is 23.1 Å². The molecule has 0 spiro atoms. The van der Waals surface area contributed by atoms with Crippen LogP contribution in [0.4, 0.5) is 0 Å². The molecule has 3 heterocycles. The summed E-state index contributed by atoms with van der Waals surface area (Å²) in [6.07, 6.45) is -3.98. The highest BCUT2D eigenvalue weighted by atomic mass is 35.9. The summed E-state index contributed by atoms with van der Waals surface area (Å²) >= 11 is 16.2. The van der Waals surface area contributed by atoms with E-state index in [-0.39, 0.29) is 50.5 Å². The maximum Gasteiger partial charge on any atom is 0.566 e. The lowest BCUT2D eigenvalue weighted by atomic mass is 10.3. The Balaban J connectivity index is 0.000000408. The minimum absolute atomic E-state index is 0. The monoisotopic (exact) mass is 981 g/mol. The van der Waals surface area contributed by atoms with E-state index in [2.05, 4.69) is 25.7 Å². The number of quaternary nitrogens is 1. The van der Waals surface area contributed by atoms with Crippen molar-refractivity contribution in [2.45, 2.75) is 77.2 Å². The van der Waals surface area contributed by atoms with Gasteiger partial charge in [-0.1, -0.05) is 36.4 Å². The Hall–Kier alpha value is -0.230. The van der Waals surface area contributed by atoms with Crippen LogP contribution < -0.4 is 21.5 Å². The first-order valence-electron chi connectivity index (χ1n) is 18.3. The second-order valence-corrected chi connectivity index (χ2v) is 24.4. The van der Waals surface area contributed by atoms with E-state index >= 15 is 0 Å². The van der Waals surface area contributed by atoms with Gasteiger partial charge < -0.3 is 54.9 Å². The fraction of sp³-hybridized carbons (Fsp3) is 0.667. The summed E-state index contributed by atoms with van der Waals surface area (Å²) in [5.41, 5.74) is 0. The Labute approximate surface area is 370 Å². The number of halogens is 4. The van der Waals surface area contributed by atoms with Gasteiger partial charge in [-0.25, -0.2) is 4.57 Å². The molecule has 3 aliphatic rings. The van der Waals surface area contributed by atoms with Gasteiger partial charge in [0.1, 0.15) is 57.1 Å². The van der Waals surface area contributed by atoms with Crippen molar-refractivity contribution in [1.82, 2.24) is 0 Å². The molecule has 59 heavy (non-hydrogen) atoms. The van der Waals surface area contributed by atoms with Crippen molar-refractivity contribution < 1.29 is 87.4 Å². The van der Waals surface area contributed by atoms with Gasteiger partial charge in [-0.2, -0.15) is 23.4 Å². The number of hydrogen-bond acceptors (Lipinski definition) is 15. The topological polar surface area (TPSA) is 179 Å². The number of benzene rings is 2. The van der Waals surface area contributed by atoms with E-state index in [0.717, 1.165) is 11.0 Å². The molecule has 3 saturated heterocycles. The first-order chi connectivity index (χ1) is 26.6. The normalized spacial score (nSPS) is 23.6. The molecule has 16 nitrogen and oxygen atoms in total. The Morgan fingerprint density at radius 2 is 1.14 bits per heavy atom. The zero-order chi connectivity index (χ0) is 43.9. The predicted molar refractivity (Wildman–Crippen MR) is 226 cm³/mol. The second-order valence-electron chi connectivity index (χ2n) is 15.5. The molecule has 3 N–H and O–H groups in total. The van der Waals surface area contributed by atoms with Crippen LogP contribution in [-0.4, -0.2) is 136 Å². The maximum atomic E-state index is 10.7. The van der Waals surface area contributed by atoms with Crippen molar-refractivity contribution in [2.75, 3.05) is 80.6 Å². The first-order valence-corrected chi connectivity index (χ1v) is 26.2. The molecule has 5 unspecified atom stereocenters. The van der Waals surface area contributed by atoms with Crippen LogP contribution in [0.1, 0.15) is 41.5 Å². The predicted octanol–water partition coefficient (Wildman–Crippen LogP) is 5.19. The molecular formula is C36H62Cl4NO15P3+2. The lowest BCUT2D eigenvalue weighted by Crippen LogP contribution is -3.00. The van der Waals surface area contributed by atoms with E-state index in [0.29, 0.717) is 37.9 Å². The quantitative estimate of drug-likeness (QED) is 0.157.